The predicted octanol–water partition coefficient (Wildman–Crippen LogP) is 4.61. The van der Waals surface area contributed by atoms with Crippen molar-refractivity contribution in [3.05, 3.63) is 82.0 Å². The number of pyridine rings is 1. The quantitative estimate of drug-likeness (QED) is 0.572. The lowest BCUT2D eigenvalue weighted by Gasteiger charge is -2.36. The van der Waals surface area contributed by atoms with E-state index in [1.165, 1.54) is 0 Å². The molecule has 2 aromatic carbocycles. The third-order valence-electron chi connectivity index (χ3n) is 5.41. The Balaban J connectivity index is 1.44. The number of piperazine rings is 1. The number of nitrogens with one attached hydrogen (secondary N) is 1. The molecule has 0 atom stereocenters. The number of rotatable bonds is 5. The molecule has 0 spiro atoms. The first kappa shape index (κ1) is 22.9. The summed E-state index contributed by atoms with van der Waals surface area (Å²) in [5.74, 6) is 0.873. The van der Waals surface area contributed by atoms with E-state index in [-0.39, 0.29) is 11.8 Å². The minimum absolute atomic E-state index is 0.143. The van der Waals surface area contributed by atoms with Crippen LogP contribution < -0.4 is 15.0 Å². The molecule has 0 saturated carbocycles. The van der Waals surface area contributed by atoms with Gasteiger partial charge in [0.05, 0.1) is 28.4 Å². The minimum Gasteiger partial charge on any atom is -0.497 e. The SMILES string of the molecule is COc1ccc(C(=O)Nc2ccccc2C(=O)N2CCN(c3ncc(Cl)cc3Cl)CC2)cc1. The van der Waals surface area contributed by atoms with Gasteiger partial charge in [-0.2, -0.15) is 0 Å². The summed E-state index contributed by atoms with van der Waals surface area (Å²) in [5, 5.41) is 3.81. The van der Waals surface area contributed by atoms with Crippen LogP contribution in [0.3, 0.4) is 0 Å². The van der Waals surface area contributed by atoms with Gasteiger partial charge in [0.2, 0.25) is 0 Å². The number of halogens is 2. The Morgan fingerprint density at radius 1 is 1.00 bits per heavy atom. The zero-order valence-corrected chi connectivity index (χ0v) is 19.4. The minimum atomic E-state index is -0.300. The molecule has 1 saturated heterocycles. The van der Waals surface area contributed by atoms with E-state index in [1.54, 1.807) is 72.8 Å². The van der Waals surface area contributed by atoms with Crippen LogP contribution in [0, 0.1) is 0 Å². The number of carbonyl (C=O) groups excluding carboxylic acids is 2. The van der Waals surface area contributed by atoms with Gasteiger partial charge in [-0.1, -0.05) is 35.3 Å². The fourth-order valence-corrected chi connectivity index (χ4v) is 4.15. The average Bonchev–Trinajstić information content (AvgIpc) is 2.84. The van der Waals surface area contributed by atoms with E-state index in [0.717, 1.165) is 0 Å². The first-order chi connectivity index (χ1) is 16.0. The number of hydrogen-bond donors (Lipinski definition) is 1. The van der Waals surface area contributed by atoms with Crippen LogP contribution in [0.15, 0.2) is 60.8 Å². The molecule has 1 aliphatic heterocycles. The van der Waals surface area contributed by atoms with Crippen molar-refractivity contribution >= 4 is 46.5 Å². The second kappa shape index (κ2) is 10.1. The molecule has 0 radical (unpaired) electrons. The first-order valence-corrected chi connectivity index (χ1v) is 11.1. The standard InChI is InChI=1S/C24H22Cl2N4O3/c1-33-18-8-6-16(7-9-18)23(31)28-21-5-3-2-4-19(21)24(32)30-12-10-29(11-13-30)22-20(26)14-17(25)15-27-22/h2-9,14-15H,10-13H2,1H3,(H,28,31). The highest BCUT2D eigenvalue weighted by Gasteiger charge is 2.26. The predicted molar refractivity (Wildman–Crippen MR) is 130 cm³/mol. The molecule has 1 aromatic heterocycles. The molecule has 7 nitrogen and oxygen atoms in total. The molecular weight excluding hydrogens is 463 g/mol. The zero-order chi connectivity index (χ0) is 23.4. The summed E-state index contributed by atoms with van der Waals surface area (Å²) in [6, 6.07) is 15.4. The number of anilines is 2. The maximum absolute atomic E-state index is 13.3. The van der Waals surface area contributed by atoms with Crippen LogP contribution in [0.1, 0.15) is 20.7 Å². The van der Waals surface area contributed by atoms with Crippen molar-refractivity contribution in [1.82, 2.24) is 9.88 Å². The van der Waals surface area contributed by atoms with Crippen LogP contribution in [0.5, 0.6) is 5.75 Å². The van der Waals surface area contributed by atoms with Gasteiger partial charge in [0, 0.05) is 37.9 Å². The van der Waals surface area contributed by atoms with Crippen LogP contribution in [0.4, 0.5) is 11.5 Å². The van der Waals surface area contributed by atoms with Gasteiger partial charge in [-0.3, -0.25) is 9.59 Å². The topological polar surface area (TPSA) is 74.8 Å². The maximum Gasteiger partial charge on any atom is 0.256 e. The first-order valence-electron chi connectivity index (χ1n) is 10.4. The van der Waals surface area contributed by atoms with Crippen molar-refractivity contribution < 1.29 is 14.3 Å². The third kappa shape index (κ3) is 5.21. The second-order valence-electron chi connectivity index (χ2n) is 7.47. The highest BCUT2D eigenvalue weighted by Crippen LogP contribution is 2.27. The lowest BCUT2D eigenvalue weighted by Crippen LogP contribution is -2.49. The molecule has 2 amide bonds. The molecule has 9 heteroatoms. The Morgan fingerprint density at radius 2 is 1.70 bits per heavy atom. The largest absolute Gasteiger partial charge is 0.497 e. The highest BCUT2D eigenvalue weighted by atomic mass is 35.5. The molecule has 0 unspecified atom stereocenters. The summed E-state index contributed by atoms with van der Waals surface area (Å²) in [6.45, 7) is 2.17. The average molecular weight is 485 g/mol. The molecule has 170 valence electrons. The van der Waals surface area contributed by atoms with E-state index in [2.05, 4.69) is 10.3 Å². The van der Waals surface area contributed by atoms with Gasteiger partial charge in [0.1, 0.15) is 11.6 Å². The lowest BCUT2D eigenvalue weighted by atomic mass is 10.1. The third-order valence-corrected chi connectivity index (χ3v) is 5.90. The molecule has 0 aliphatic carbocycles. The molecule has 1 aliphatic rings. The molecule has 1 fully saturated rings. The number of methoxy groups -OCH3 is 1. The van der Waals surface area contributed by atoms with Crippen molar-refractivity contribution in [3.8, 4) is 5.75 Å². The smallest absolute Gasteiger partial charge is 0.256 e. The van der Waals surface area contributed by atoms with Gasteiger partial charge in [0.25, 0.3) is 11.8 Å². The maximum atomic E-state index is 13.3. The van der Waals surface area contributed by atoms with E-state index < -0.39 is 0 Å². The fourth-order valence-electron chi connectivity index (χ4n) is 3.65. The highest BCUT2D eigenvalue weighted by molar-refractivity contribution is 6.36. The Hall–Kier alpha value is -3.29. The Kier molecular flexibility index (Phi) is 7.01. The summed E-state index contributed by atoms with van der Waals surface area (Å²) in [4.78, 5) is 34.1. The molecule has 4 rings (SSSR count). The summed E-state index contributed by atoms with van der Waals surface area (Å²) in [6.07, 6.45) is 1.56. The fraction of sp³-hybridized carbons (Fsp3) is 0.208. The molecule has 3 aromatic rings. The van der Waals surface area contributed by atoms with Gasteiger partial charge in [-0.25, -0.2) is 4.98 Å². The van der Waals surface area contributed by atoms with E-state index in [9.17, 15) is 9.59 Å². The number of ether oxygens (including phenoxy) is 1. The van der Waals surface area contributed by atoms with Gasteiger partial charge in [-0.15, -0.1) is 0 Å². The van der Waals surface area contributed by atoms with Crippen LogP contribution in [0.25, 0.3) is 0 Å². The summed E-state index contributed by atoms with van der Waals surface area (Å²) in [5.41, 5.74) is 1.38. The van der Waals surface area contributed by atoms with Gasteiger partial charge in [0.15, 0.2) is 0 Å². The van der Waals surface area contributed by atoms with Crippen molar-refractivity contribution in [2.45, 2.75) is 0 Å². The van der Waals surface area contributed by atoms with Crippen LogP contribution in [0.2, 0.25) is 10.0 Å². The van der Waals surface area contributed by atoms with Crippen molar-refractivity contribution in [3.63, 3.8) is 0 Å². The van der Waals surface area contributed by atoms with E-state index in [0.29, 0.717) is 64.6 Å². The van der Waals surface area contributed by atoms with Gasteiger partial charge in [-0.05, 0) is 42.5 Å². The van der Waals surface area contributed by atoms with E-state index in [4.69, 9.17) is 27.9 Å². The number of carbonyl (C=O) groups is 2. The zero-order valence-electron chi connectivity index (χ0n) is 17.9. The Labute approximate surface area is 201 Å². The molecule has 1 N–H and O–H groups in total. The number of benzene rings is 2. The Bertz CT molecular complexity index is 1160. The summed E-state index contributed by atoms with van der Waals surface area (Å²) < 4.78 is 5.13. The monoisotopic (exact) mass is 484 g/mol. The van der Waals surface area contributed by atoms with E-state index in [1.807, 2.05) is 4.90 Å². The van der Waals surface area contributed by atoms with Crippen molar-refractivity contribution in [1.29, 1.82) is 0 Å². The number of aromatic nitrogens is 1. The molecule has 2 heterocycles. The normalized spacial score (nSPS) is 13.5. The number of hydrogen-bond acceptors (Lipinski definition) is 5. The number of para-hydroxylation sites is 1. The lowest BCUT2D eigenvalue weighted by molar-refractivity contribution is 0.0747. The van der Waals surface area contributed by atoms with Gasteiger partial charge < -0.3 is 19.9 Å². The number of nitrogens with zero attached hydrogens (tertiary/aromatic N) is 3. The van der Waals surface area contributed by atoms with E-state index >= 15 is 0 Å². The summed E-state index contributed by atoms with van der Waals surface area (Å²) >= 11 is 12.2. The van der Waals surface area contributed by atoms with Crippen molar-refractivity contribution in [2.75, 3.05) is 43.5 Å². The number of amides is 2. The molecule has 0 bridgehead atoms. The van der Waals surface area contributed by atoms with Crippen LogP contribution >= 0.6 is 23.2 Å². The van der Waals surface area contributed by atoms with Crippen LogP contribution in [-0.2, 0) is 0 Å². The molecular formula is C24H22Cl2N4O3. The van der Waals surface area contributed by atoms with Crippen molar-refractivity contribution in [2.24, 2.45) is 0 Å². The Morgan fingerprint density at radius 3 is 2.36 bits per heavy atom. The summed E-state index contributed by atoms with van der Waals surface area (Å²) in [7, 11) is 1.57. The molecule has 33 heavy (non-hydrogen) atoms. The van der Waals surface area contributed by atoms with Crippen LogP contribution in [-0.4, -0.2) is 55.0 Å². The van der Waals surface area contributed by atoms with Gasteiger partial charge >= 0.3 is 0 Å². The second-order valence-corrected chi connectivity index (χ2v) is 8.31.